The molecule has 1 aromatic carbocycles. The maximum atomic E-state index is 13.4. The monoisotopic (exact) mass is 477 g/mol. The van der Waals surface area contributed by atoms with Gasteiger partial charge in [-0.1, -0.05) is 18.5 Å². The van der Waals surface area contributed by atoms with Crippen LogP contribution in [0.3, 0.4) is 0 Å². The van der Waals surface area contributed by atoms with Gasteiger partial charge in [0.2, 0.25) is 5.91 Å². The van der Waals surface area contributed by atoms with Crippen molar-refractivity contribution in [2.45, 2.75) is 52.6 Å². The highest BCUT2D eigenvalue weighted by Gasteiger charge is 2.34. The summed E-state index contributed by atoms with van der Waals surface area (Å²) in [6, 6.07) is 7.23. The van der Waals surface area contributed by atoms with Crippen LogP contribution >= 0.6 is 22.9 Å². The molecule has 0 fully saturated rings. The number of benzene rings is 1. The summed E-state index contributed by atoms with van der Waals surface area (Å²) in [4.78, 5) is 30.8. The third-order valence-electron chi connectivity index (χ3n) is 5.97. The zero-order valence-electron chi connectivity index (χ0n) is 19.2. The van der Waals surface area contributed by atoms with Gasteiger partial charge in [-0.3, -0.25) is 4.79 Å². The summed E-state index contributed by atoms with van der Waals surface area (Å²) in [6.07, 6.45) is 1.60. The number of halogens is 1. The van der Waals surface area contributed by atoms with Crippen LogP contribution in [0.1, 0.15) is 49.2 Å². The van der Waals surface area contributed by atoms with Crippen molar-refractivity contribution in [2.24, 2.45) is 0 Å². The Balaban J connectivity index is 1.78. The van der Waals surface area contributed by atoms with Gasteiger partial charge in [-0.2, -0.15) is 0 Å². The van der Waals surface area contributed by atoms with Gasteiger partial charge >= 0.3 is 6.03 Å². The molecule has 1 aliphatic rings. The highest BCUT2D eigenvalue weighted by atomic mass is 35.5. The van der Waals surface area contributed by atoms with E-state index in [1.807, 2.05) is 50.8 Å². The quantitative estimate of drug-likeness (QED) is 0.579. The molecule has 0 saturated heterocycles. The van der Waals surface area contributed by atoms with Crippen LogP contribution in [0.5, 0.6) is 5.75 Å². The molecule has 32 heavy (non-hydrogen) atoms. The molecule has 3 rings (SSSR count). The van der Waals surface area contributed by atoms with Crippen molar-refractivity contribution in [3.8, 4) is 5.75 Å². The smallest absolute Gasteiger partial charge is 0.318 e. The molecule has 0 spiro atoms. The Bertz CT molecular complexity index is 948. The van der Waals surface area contributed by atoms with Gasteiger partial charge < -0.3 is 19.9 Å². The molecular formula is C24H32ClN3O3S. The molecular weight excluding hydrogens is 446 g/mol. The Morgan fingerprint density at radius 2 is 2.12 bits per heavy atom. The summed E-state index contributed by atoms with van der Waals surface area (Å²) in [7, 11) is 0. The first-order chi connectivity index (χ1) is 15.3. The van der Waals surface area contributed by atoms with Crippen molar-refractivity contribution >= 4 is 34.9 Å². The molecule has 174 valence electrons. The van der Waals surface area contributed by atoms with Crippen LogP contribution in [0.15, 0.2) is 29.6 Å². The second kappa shape index (κ2) is 11.1. The van der Waals surface area contributed by atoms with Crippen molar-refractivity contribution in [1.29, 1.82) is 0 Å². The van der Waals surface area contributed by atoms with E-state index in [9.17, 15) is 9.59 Å². The predicted octanol–water partition coefficient (Wildman–Crippen LogP) is 5.04. The van der Waals surface area contributed by atoms with Gasteiger partial charge in [0.25, 0.3) is 0 Å². The summed E-state index contributed by atoms with van der Waals surface area (Å²) in [6.45, 7) is 9.35. The van der Waals surface area contributed by atoms with Crippen LogP contribution in [0, 0.1) is 6.92 Å². The van der Waals surface area contributed by atoms with Crippen molar-refractivity contribution in [2.75, 3.05) is 26.2 Å². The third kappa shape index (κ3) is 5.56. The standard InChI is InChI=1S/C24H32ClN3O3S/c1-5-17(4)28(24(30)26-6-2)14-23(29)27-11-9-22-19(10-12-32-22)21(27)15-31-18-7-8-20(25)16(3)13-18/h7-8,10,12-13,17,21H,5-6,9,11,14-15H2,1-4H3,(H,26,30)/t17-,21-/m0/s1. The molecule has 3 amide bonds. The Hall–Kier alpha value is -2.25. The lowest BCUT2D eigenvalue weighted by Crippen LogP contribution is -2.52. The van der Waals surface area contributed by atoms with Gasteiger partial charge in [0, 0.05) is 29.0 Å². The molecule has 2 atom stereocenters. The first kappa shape index (κ1) is 24.4. The molecule has 0 aliphatic carbocycles. The number of fused-ring (bicyclic) bond motifs is 1. The molecule has 0 unspecified atom stereocenters. The average molecular weight is 478 g/mol. The Labute approximate surface area is 199 Å². The van der Waals surface area contributed by atoms with Crippen LogP contribution in [-0.2, 0) is 11.2 Å². The fourth-order valence-corrected chi connectivity index (χ4v) is 4.94. The zero-order chi connectivity index (χ0) is 23.3. The van der Waals surface area contributed by atoms with Gasteiger partial charge in [-0.05, 0) is 74.4 Å². The van der Waals surface area contributed by atoms with Crippen LogP contribution in [0.2, 0.25) is 5.02 Å². The van der Waals surface area contributed by atoms with E-state index in [-0.39, 0.29) is 30.6 Å². The van der Waals surface area contributed by atoms with Gasteiger partial charge in [0.05, 0.1) is 6.04 Å². The highest BCUT2D eigenvalue weighted by Crippen LogP contribution is 2.34. The SMILES string of the molecule is CCNC(=O)N(CC(=O)N1CCc2sccc2[C@@H]1COc1ccc(Cl)c(C)c1)[C@@H](C)CC. The number of amides is 3. The summed E-state index contributed by atoms with van der Waals surface area (Å²) >= 11 is 7.85. The Morgan fingerprint density at radius 1 is 1.34 bits per heavy atom. The topological polar surface area (TPSA) is 61.9 Å². The normalized spacial score (nSPS) is 16.3. The van der Waals surface area contributed by atoms with E-state index in [2.05, 4.69) is 16.8 Å². The molecule has 0 radical (unpaired) electrons. The molecule has 0 bridgehead atoms. The maximum Gasteiger partial charge on any atom is 0.318 e. The summed E-state index contributed by atoms with van der Waals surface area (Å²) in [5, 5.41) is 5.60. The minimum Gasteiger partial charge on any atom is -0.491 e. The predicted molar refractivity (Wildman–Crippen MR) is 130 cm³/mol. The Morgan fingerprint density at radius 3 is 2.81 bits per heavy atom. The fraction of sp³-hybridized carbons (Fsp3) is 0.500. The van der Waals surface area contributed by atoms with Crippen LogP contribution in [-0.4, -0.2) is 54.0 Å². The van der Waals surface area contributed by atoms with E-state index in [4.69, 9.17) is 16.3 Å². The number of rotatable bonds is 8. The number of carbonyl (C=O) groups is 2. The number of thiophene rings is 1. The number of nitrogens with zero attached hydrogens (tertiary/aromatic N) is 2. The fourth-order valence-electron chi connectivity index (χ4n) is 3.89. The molecule has 8 heteroatoms. The van der Waals surface area contributed by atoms with Crippen LogP contribution in [0.4, 0.5) is 4.79 Å². The highest BCUT2D eigenvalue weighted by molar-refractivity contribution is 7.10. The molecule has 1 N–H and O–H groups in total. The number of carbonyl (C=O) groups excluding carboxylic acids is 2. The molecule has 6 nitrogen and oxygen atoms in total. The van der Waals surface area contributed by atoms with E-state index in [1.165, 1.54) is 4.88 Å². The third-order valence-corrected chi connectivity index (χ3v) is 7.39. The van der Waals surface area contributed by atoms with E-state index < -0.39 is 0 Å². The summed E-state index contributed by atoms with van der Waals surface area (Å²) < 4.78 is 6.11. The van der Waals surface area contributed by atoms with Gasteiger partial charge in [0.1, 0.15) is 18.9 Å². The van der Waals surface area contributed by atoms with E-state index in [0.717, 1.165) is 29.7 Å². The number of nitrogens with one attached hydrogen (secondary N) is 1. The summed E-state index contributed by atoms with van der Waals surface area (Å²) in [5.74, 6) is 0.666. The lowest BCUT2D eigenvalue weighted by molar-refractivity contribution is -0.135. The lowest BCUT2D eigenvalue weighted by Gasteiger charge is -2.38. The van der Waals surface area contributed by atoms with Gasteiger partial charge in [0.15, 0.2) is 0 Å². The summed E-state index contributed by atoms with van der Waals surface area (Å²) in [5.41, 5.74) is 2.08. The number of aryl methyl sites for hydroxylation is 1. The van der Waals surface area contributed by atoms with Crippen molar-refractivity contribution in [3.05, 3.63) is 50.7 Å². The van der Waals surface area contributed by atoms with Gasteiger partial charge in [-0.15, -0.1) is 11.3 Å². The van der Waals surface area contributed by atoms with Crippen molar-refractivity contribution < 1.29 is 14.3 Å². The zero-order valence-corrected chi connectivity index (χ0v) is 20.8. The average Bonchev–Trinajstić information content (AvgIpc) is 3.26. The molecule has 1 aliphatic heterocycles. The molecule has 0 saturated carbocycles. The lowest BCUT2D eigenvalue weighted by atomic mass is 10.00. The first-order valence-electron chi connectivity index (χ1n) is 11.1. The first-order valence-corrected chi connectivity index (χ1v) is 12.4. The number of ether oxygens (including phenoxy) is 1. The van der Waals surface area contributed by atoms with E-state index in [0.29, 0.717) is 24.7 Å². The Kier molecular flexibility index (Phi) is 8.43. The van der Waals surface area contributed by atoms with Crippen LogP contribution in [0.25, 0.3) is 0 Å². The largest absolute Gasteiger partial charge is 0.491 e. The maximum absolute atomic E-state index is 13.4. The van der Waals surface area contributed by atoms with E-state index in [1.54, 1.807) is 16.2 Å². The van der Waals surface area contributed by atoms with Crippen molar-refractivity contribution in [3.63, 3.8) is 0 Å². The van der Waals surface area contributed by atoms with Gasteiger partial charge in [-0.25, -0.2) is 4.79 Å². The number of hydrogen-bond acceptors (Lipinski definition) is 4. The molecule has 2 heterocycles. The number of hydrogen-bond donors (Lipinski definition) is 1. The second-order valence-electron chi connectivity index (χ2n) is 8.09. The minimum atomic E-state index is -0.201. The van der Waals surface area contributed by atoms with E-state index >= 15 is 0 Å². The van der Waals surface area contributed by atoms with Crippen molar-refractivity contribution in [1.82, 2.24) is 15.1 Å². The molecule has 1 aromatic heterocycles. The number of urea groups is 1. The van der Waals surface area contributed by atoms with Crippen LogP contribution < -0.4 is 10.1 Å². The minimum absolute atomic E-state index is 0.0289. The second-order valence-corrected chi connectivity index (χ2v) is 9.50. The molecule has 2 aromatic rings.